The Morgan fingerprint density at radius 2 is 1.58 bits per heavy atom. The molecule has 0 nitrogen and oxygen atoms in total. The average molecular weight is 461 g/mol. The maximum absolute atomic E-state index is 2.57. The van der Waals surface area contributed by atoms with E-state index < -0.39 is 0 Å². The number of unbranched alkanes of at least 4 members (excludes halogenated alkanes) is 1. The molecule has 0 radical (unpaired) electrons. The van der Waals surface area contributed by atoms with Crippen molar-refractivity contribution in [2.24, 2.45) is 0 Å². The highest BCUT2D eigenvalue weighted by atomic mass is 32.1. The minimum atomic E-state index is 0.149. The van der Waals surface area contributed by atoms with E-state index in [9.17, 15) is 0 Å². The molecule has 3 aromatic rings. The minimum Gasteiger partial charge on any atom is -0.144 e. The molecule has 0 saturated heterocycles. The molecule has 0 amide bonds. The van der Waals surface area contributed by atoms with Crippen LogP contribution in [0.25, 0.3) is 21.2 Å². The van der Waals surface area contributed by atoms with E-state index in [1.165, 1.54) is 46.9 Å². The van der Waals surface area contributed by atoms with Crippen molar-refractivity contribution < 1.29 is 0 Å². The van der Waals surface area contributed by atoms with Crippen LogP contribution >= 0.6 is 11.3 Å². The van der Waals surface area contributed by atoms with E-state index in [4.69, 9.17) is 0 Å². The Labute approximate surface area is 206 Å². The lowest BCUT2D eigenvalue weighted by Gasteiger charge is -2.31. The molecule has 0 fully saturated rings. The van der Waals surface area contributed by atoms with Gasteiger partial charge in [0, 0.05) is 4.70 Å². The van der Waals surface area contributed by atoms with Gasteiger partial charge in [-0.3, -0.25) is 0 Å². The summed E-state index contributed by atoms with van der Waals surface area (Å²) in [6.45, 7) is 21.8. The third-order valence-electron chi connectivity index (χ3n) is 8.19. The second-order valence-corrected chi connectivity index (χ2v) is 13.3. The quantitative estimate of drug-likeness (QED) is 0.343. The fourth-order valence-electron chi connectivity index (χ4n) is 6.99. The summed E-state index contributed by atoms with van der Waals surface area (Å²) in [7, 11) is 0. The number of hydrogen-bond donors (Lipinski definition) is 0. The van der Waals surface area contributed by atoms with Crippen LogP contribution in [0.4, 0.5) is 0 Å². The number of fused-ring (bicyclic) bond motifs is 2. The maximum Gasteiger partial charge on any atom is 0.0351 e. The predicted molar refractivity (Wildman–Crippen MR) is 149 cm³/mol. The molecule has 1 aliphatic rings. The molecule has 1 atom stereocenters. The van der Waals surface area contributed by atoms with Gasteiger partial charge in [-0.05, 0) is 104 Å². The highest BCUT2D eigenvalue weighted by Crippen LogP contribution is 2.57. The summed E-state index contributed by atoms with van der Waals surface area (Å²) in [6, 6.07) is 9.84. The number of aryl methyl sites for hydroxylation is 1. The van der Waals surface area contributed by atoms with Gasteiger partial charge in [0.05, 0.1) is 0 Å². The normalized spacial score (nSPS) is 19.9. The van der Waals surface area contributed by atoms with Crippen LogP contribution in [0.5, 0.6) is 0 Å². The van der Waals surface area contributed by atoms with Crippen LogP contribution in [0, 0.1) is 0 Å². The van der Waals surface area contributed by atoms with Crippen molar-refractivity contribution in [3.05, 3.63) is 57.5 Å². The van der Waals surface area contributed by atoms with Crippen LogP contribution in [0.3, 0.4) is 0 Å². The molecule has 0 spiro atoms. The lowest BCUT2D eigenvalue weighted by atomic mass is 9.73. The van der Waals surface area contributed by atoms with Gasteiger partial charge in [-0.2, -0.15) is 0 Å². The van der Waals surface area contributed by atoms with E-state index in [0.29, 0.717) is 0 Å². The number of rotatable bonds is 6. The Morgan fingerprint density at radius 1 is 0.879 bits per heavy atom. The molecule has 4 rings (SSSR count). The molecule has 33 heavy (non-hydrogen) atoms. The largest absolute Gasteiger partial charge is 0.144 e. The first-order valence-electron chi connectivity index (χ1n) is 13.2. The summed E-state index contributed by atoms with van der Waals surface area (Å²) >= 11 is 1.90. The zero-order valence-electron chi connectivity index (χ0n) is 22.5. The predicted octanol–water partition coefficient (Wildman–Crippen LogP) is 10.1. The summed E-state index contributed by atoms with van der Waals surface area (Å²) in [5.74, 6) is 0. The van der Waals surface area contributed by atoms with Crippen molar-refractivity contribution in [3.8, 4) is 11.1 Å². The van der Waals surface area contributed by atoms with Gasteiger partial charge in [-0.25, -0.2) is 0 Å². The number of thiophene rings is 1. The first kappa shape index (κ1) is 24.5. The first-order chi connectivity index (χ1) is 15.5. The molecule has 2 aromatic carbocycles. The Balaban J connectivity index is 2.12. The van der Waals surface area contributed by atoms with Crippen molar-refractivity contribution in [2.45, 2.75) is 117 Å². The average Bonchev–Trinajstić information content (AvgIpc) is 3.30. The van der Waals surface area contributed by atoms with Crippen LogP contribution in [0.1, 0.15) is 116 Å². The molecule has 1 aromatic heterocycles. The molecule has 1 heterocycles. The van der Waals surface area contributed by atoms with Gasteiger partial charge in [0.2, 0.25) is 0 Å². The van der Waals surface area contributed by atoms with Gasteiger partial charge in [-0.15, -0.1) is 11.3 Å². The number of benzene rings is 2. The van der Waals surface area contributed by atoms with Gasteiger partial charge in [0.1, 0.15) is 0 Å². The van der Waals surface area contributed by atoms with Crippen LogP contribution in [-0.4, -0.2) is 0 Å². The number of hydrogen-bond acceptors (Lipinski definition) is 1. The van der Waals surface area contributed by atoms with E-state index in [1.54, 1.807) is 27.8 Å². The molecule has 1 aliphatic carbocycles. The molecule has 0 saturated carbocycles. The fourth-order valence-corrected chi connectivity index (χ4v) is 7.84. The zero-order valence-corrected chi connectivity index (χ0v) is 23.4. The van der Waals surface area contributed by atoms with E-state index >= 15 is 0 Å². The van der Waals surface area contributed by atoms with Crippen molar-refractivity contribution in [3.63, 3.8) is 0 Å². The van der Waals surface area contributed by atoms with Gasteiger partial charge < -0.3 is 0 Å². The monoisotopic (exact) mass is 460 g/mol. The highest BCUT2D eigenvalue weighted by molar-refractivity contribution is 7.17. The van der Waals surface area contributed by atoms with Gasteiger partial charge >= 0.3 is 0 Å². The molecule has 0 N–H and O–H groups in total. The molecule has 1 unspecified atom stereocenters. The lowest BCUT2D eigenvalue weighted by molar-refractivity contribution is 0.346. The smallest absolute Gasteiger partial charge is 0.0351 e. The van der Waals surface area contributed by atoms with Crippen LogP contribution in [0.2, 0.25) is 0 Å². The molecule has 0 bridgehead atoms. The minimum absolute atomic E-state index is 0.149. The van der Waals surface area contributed by atoms with Crippen LogP contribution in [0.15, 0.2) is 29.6 Å². The highest BCUT2D eigenvalue weighted by Gasteiger charge is 2.48. The molecular weight excluding hydrogens is 416 g/mol. The van der Waals surface area contributed by atoms with E-state index in [0.717, 1.165) is 12.8 Å². The standard InChI is InChI=1S/C32H44S/c1-10-13-17-32(9)20-31(7,8)29-26(30(4,5)6)15-14-24(28(29)32)25-19-27-23(16-18-33-27)21(11-2)22(25)12-3/h14-16,18-19H,10-13,17,20H2,1-9H3. The second-order valence-electron chi connectivity index (χ2n) is 12.3. The topological polar surface area (TPSA) is 0 Å². The molecule has 0 aliphatic heterocycles. The Kier molecular flexibility index (Phi) is 6.36. The third kappa shape index (κ3) is 3.99. The summed E-state index contributed by atoms with van der Waals surface area (Å²) in [4.78, 5) is 0. The van der Waals surface area contributed by atoms with Crippen molar-refractivity contribution in [2.75, 3.05) is 0 Å². The summed E-state index contributed by atoms with van der Waals surface area (Å²) < 4.78 is 1.44. The van der Waals surface area contributed by atoms with Gasteiger partial charge in [0.25, 0.3) is 0 Å². The van der Waals surface area contributed by atoms with Crippen LogP contribution < -0.4 is 0 Å². The molecule has 1 heteroatoms. The lowest BCUT2D eigenvalue weighted by Crippen LogP contribution is -2.23. The van der Waals surface area contributed by atoms with Gasteiger partial charge in [0.15, 0.2) is 0 Å². The fraction of sp³-hybridized carbons (Fsp3) is 0.562. The van der Waals surface area contributed by atoms with Gasteiger partial charge in [-0.1, -0.05) is 87.3 Å². The summed E-state index contributed by atoms with van der Waals surface area (Å²) in [5, 5.41) is 3.74. The second kappa shape index (κ2) is 8.56. The third-order valence-corrected chi connectivity index (χ3v) is 9.05. The van der Waals surface area contributed by atoms with Crippen molar-refractivity contribution >= 4 is 21.4 Å². The maximum atomic E-state index is 2.57. The van der Waals surface area contributed by atoms with E-state index in [-0.39, 0.29) is 16.2 Å². The Morgan fingerprint density at radius 3 is 2.18 bits per heavy atom. The zero-order chi connectivity index (χ0) is 24.2. The van der Waals surface area contributed by atoms with E-state index in [2.05, 4.69) is 92.0 Å². The van der Waals surface area contributed by atoms with E-state index in [1.807, 2.05) is 11.3 Å². The van der Waals surface area contributed by atoms with Crippen molar-refractivity contribution in [1.29, 1.82) is 0 Å². The first-order valence-corrected chi connectivity index (χ1v) is 14.1. The molecule has 178 valence electrons. The van der Waals surface area contributed by atoms with Crippen LogP contribution in [-0.2, 0) is 29.1 Å². The summed E-state index contributed by atoms with van der Waals surface area (Å²) in [6.07, 6.45) is 7.29. The Hall–Kier alpha value is -1.60. The Bertz CT molecular complexity index is 1170. The summed E-state index contributed by atoms with van der Waals surface area (Å²) in [5.41, 5.74) is 11.6. The molecular formula is C32H44S. The SMILES string of the molecule is CCCCC1(C)CC(C)(C)c2c(C(C)(C)C)ccc(-c3cc4sccc4c(CC)c3CC)c21. The van der Waals surface area contributed by atoms with Crippen molar-refractivity contribution in [1.82, 2.24) is 0 Å².